The molecule has 1 aliphatic heterocycles. The predicted octanol–water partition coefficient (Wildman–Crippen LogP) is 4.53. The van der Waals surface area contributed by atoms with Gasteiger partial charge in [-0.1, -0.05) is 61.5 Å². The highest BCUT2D eigenvalue weighted by molar-refractivity contribution is 5.96. The molecule has 1 amide bonds. The van der Waals surface area contributed by atoms with E-state index < -0.39 is 0 Å². The SMILES string of the molecule is CCN1CCN(c2c(C)c(C(=O)NCc3ccccc3)n(Cc3ccccc3C)c2C)CC1. The maximum atomic E-state index is 13.5. The fourth-order valence-electron chi connectivity index (χ4n) is 4.95. The summed E-state index contributed by atoms with van der Waals surface area (Å²) in [6, 6.07) is 18.5. The fourth-order valence-corrected chi connectivity index (χ4v) is 4.95. The Morgan fingerprint density at radius 3 is 2.24 bits per heavy atom. The molecule has 0 bridgehead atoms. The first kappa shape index (κ1) is 23.1. The van der Waals surface area contributed by atoms with Crippen LogP contribution in [0.25, 0.3) is 0 Å². The summed E-state index contributed by atoms with van der Waals surface area (Å²) in [4.78, 5) is 18.5. The van der Waals surface area contributed by atoms with E-state index in [9.17, 15) is 4.79 Å². The van der Waals surface area contributed by atoms with Crippen LogP contribution in [0.4, 0.5) is 5.69 Å². The van der Waals surface area contributed by atoms with Gasteiger partial charge in [0.1, 0.15) is 5.69 Å². The van der Waals surface area contributed by atoms with Crippen LogP contribution in [0.15, 0.2) is 54.6 Å². The zero-order chi connectivity index (χ0) is 23.4. The third-order valence-electron chi connectivity index (χ3n) is 6.96. The van der Waals surface area contributed by atoms with E-state index in [0.717, 1.165) is 49.5 Å². The van der Waals surface area contributed by atoms with Gasteiger partial charge in [0, 0.05) is 50.5 Å². The van der Waals surface area contributed by atoms with E-state index in [2.05, 4.69) is 71.6 Å². The number of amides is 1. The molecule has 5 heteroatoms. The molecule has 2 heterocycles. The van der Waals surface area contributed by atoms with E-state index in [0.29, 0.717) is 13.1 Å². The monoisotopic (exact) mass is 444 g/mol. The Morgan fingerprint density at radius 1 is 0.909 bits per heavy atom. The summed E-state index contributed by atoms with van der Waals surface area (Å²) in [5, 5.41) is 3.17. The standard InChI is InChI=1S/C28H36N4O/c1-5-30-15-17-31(18-16-30)26-22(3)27(28(33)29-19-24-12-7-6-8-13-24)32(23(26)4)20-25-14-10-9-11-21(25)2/h6-14H,5,15-20H2,1-4H3,(H,29,33). The molecule has 0 radical (unpaired) electrons. The Hall–Kier alpha value is -3.05. The quantitative estimate of drug-likeness (QED) is 0.582. The molecular weight excluding hydrogens is 408 g/mol. The molecule has 3 aromatic rings. The van der Waals surface area contributed by atoms with E-state index in [1.165, 1.54) is 22.5 Å². The Morgan fingerprint density at radius 2 is 1.58 bits per heavy atom. The van der Waals surface area contributed by atoms with Gasteiger partial charge in [0.25, 0.3) is 5.91 Å². The zero-order valence-corrected chi connectivity index (χ0v) is 20.4. The van der Waals surface area contributed by atoms with Gasteiger partial charge < -0.3 is 19.7 Å². The van der Waals surface area contributed by atoms with Crippen molar-refractivity contribution >= 4 is 11.6 Å². The molecule has 4 rings (SSSR count). The lowest BCUT2D eigenvalue weighted by Crippen LogP contribution is -2.46. The second kappa shape index (κ2) is 10.3. The van der Waals surface area contributed by atoms with Crippen LogP contribution in [-0.2, 0) is 13.1 Å². The molecular formula is C28H36N4O. The third-order valence-corrected chi connectivity index (χ3v) is 6.96. The number of likely N-dealkylation sites (N-methyl/N-ethyl adjacent to an activating group) is 1. The average molecular weight is 445 g/mol. The molecule has 1 N–H and O–H groups in total. The number of carbonyl (C=O) groups excluding carboxylic acids is 1. The number of nitrogens with zero attached hydrogens (tertiary/aromatic N) is 3. The smallest absolute Gasteiger partial charge is 0.268 e. The van der Waals surface area contributed by atoms with Crippen molar-refractivity contribution in [3.8, 4) is 0 Å². The number of carbonyl (C=O) groups is 1. The van der Waals surface area contributed by atoms with E-state index in [-0.39, 0.29) is 5.91 Å². The summed E-state index contributed by atoms with van der Waals surface area (Å²) < 4.78 is 2.22. The van der Waals surface area contributed by atoms with Gasteiger partial charge >= 0.3 is 0 Å². The Labute approximate surface area is 198 Å². The number of aromatic nitrogens is 1. The number of anilines is 1. The minimum atomic E-state index is -0.00789. The summed E-state index contributed by atoms with van der Waals surface area (Å²) >= 11 is 0. The first-order valence-electron chi connectivity index (χ1n) is 12.0. The molecule has 1 saturated heterocycles. The second-order valence-electron chi connectivity index (χ2n) is 9.01. The largest absolute Gasteiger partial charge is 0.367 e. The van der Waals surface area contributed by atoms with Gasteiger partial charge in [0.2, 0.25) is 0 Å². The lowest BCUT2D eigenvalue weighted by molar-refractivity contribution is 0.0941. The van der Waals surface area contributed by atoms with Crippen LogP contribution < -0.4 is 10.2 Å². The molecule has 0 spiro atoms. The van der Waals surface area contributed by atoms with E-state index in [4.69, 9.17) is 0 Å². The first-order chi connectivity index (χ1) is 16.0. The molecule has 1 aromatic heterocycles. The molecule has 174 valence electrons. The van der Waals surface area contributed by atoms with Gasteiger partial charge in [0.05, 0.1) is 5.69 Å². The van der Waals surface area contributed by atoms with Crippen molar-refractivity contribution < 1.29 is 4.79 Å². The van der Waals surface area contributed by atoms with Crippen molar-refractivity contribution in [3.63, 3.8) is 0 Å². The van der Waals surface area contributed by atoms with Crippen molar-refractivity contribution in [2.75, 3.05) is 37.6 Å². The van der Waals surface area contributed by atoms with Crippen LogP contribution in [0.2, 0.25) is 0 Å². The number of nitrogens with one attached hydrogen (secondary N) is 1. The first-order valence-corrected chi connectivity index (χ1v) is 12.0. The van der Waals surface area contributed by atoms with E-state index >= 15 is 0 Å². The zero-order valence-electron chi connectivity index (χ0n) is 20.4. The van der Waals surface area contributed by atoms with Gasteiger partial charge in [-0.2, -0.15) is 0 Å². The van der Waals surface area contributed by atoms with Crippen LogP contribution in [0.1, 0.15) is 45.4 Å². The molecule has 5 nitrogen and oxygen atoms in total. The number of hydrogen-bond donors (Lipinski definition) is 1. The predicted molar refractivity (Wildman–Crippen MR) is 136 cm³/mol. The van der Waals surface area contributed by atoms with Crippen LogP contribution in [0.5, 0.6) is 0 Å². The second-order valence-corrected chi connectivity index (χ2v) is 9.01. The summed E-state index contributed by atoms with van der Waals surface area (Å²) in [6.07, 6.45) is 0. The lowest BCUT2D eigenvalue weighted by atomic mass is 10.1. The van der Waals surface area contributed by atoms with Gasteiger partial charge in [-0.15, -0.1) is 0 Å². The molecule has 33 heavy (non-hydrogen) atoms. The van der Waals surface area contributed by atoms with Crippen molar-refractivity contribution in [1.29, 1.82) is 0 Å². The number of piperazine rings is 1. The molecule has 0 aliphatic carbocycles. The van der Waals surface area contributed by atoms with Crippen LogP contribution in [0.3, 0.4) is 0 Å². The Kier molecular flexibility index (Phi) is 7.19. The summed E-state index contributed by atoms with van der Waals surface area (Å²) in [5.74, 6) is -0.00789. The molecule has 0 atom stereocenters. The minimum Gasteiger partial charge on any atom is -0.367 e. The number of rotatable bonds is 7. The van der Waals surface area contributed by atoms with Gasteiger partial charge in [-0.3, -0.25) is 4.79 Å². The van der Waals surface area contributed by atoms with Gasteiger partial charge in [-0.05, 0) is 44.0 Å². The molecule has 2 aromatic carbocycles. The fraction of sp³-hybridized carbons (Fsp3) is 0.393. The van der Waals surface area contributed by atoms with Crippen LogP contribution >= 0.6 is 0 Å². The highest BCUT2D eigenvalue weighted by Crippen LogP contribution is 2.32. The molecule has 0 unspecified atom stereocenters. The Balaban J connectivity index is 1.68. The van der Waals surface area contributed by atoms with Gasteiger partial charge in [-0.25, -0.2) is 0 Å². The third kappa shape index (κ3) is 4.98. The van der Waals surface area contributed by atoms with Crippen molar-refractivity contribution in [2.24, 2.45) is 0 Å². The molecule has 1 aliphatic rings. The highest BCUT2D eigenvalue weighted by Gasteiger charge is 2.27. The number of hydrogen-bond acceptors (Lipinski definition) is 3. The lowest BCUT2D eigenvalue weighted by Gasteiger charge is -2.36. The normalized spacial score (nSPS) is 14.5. The van der Waals surface area contributed by atoms with Crippen molar-refractivity contribution in [1.82, 2.24) is 14.8 Å². The van der Waals surface area contributed by atoms with E-state index in [1.54, 1.807) is 0 Å². The molecule has 0 saturated carbocycles. The van der Waals surface area contributed by atoms with Crippen LogP contribution in [0, 0.1) is 20.8 Å². The maximum Gasteiger partial charge on any atom is 0.268 e. The van der Waals surface area contributed by atoms with Crippen LogP contribution in [-0.4, -0.2) is 48.1 Å². The number of benzene rings is 2. The molecule has 1 fully saturated rings. The summed E-state index contributed by atoms with van der Waals surface area (Å²) in [7, 11) is 0. The number of aryl methyl sites for hydroxylation is 1. The summed E-state index contributed by atoms with van der Waals surface area (Å²) in [6.45, 7) is 15.1. The van der Waals surface area contributed by atoms with Crippen molar-refractivity contribution in [2.45, 2.75) is 40.8 Å². The summed E-state index contributed by atoms with van der Waals surface area (Å²) in [5.41, 5.74) is 7.85. The minimum absolute atomic E-state index is 0.00789. The topological polar surface area (TPSA) is 40.5 Å². The van der Waals surface area contributed by atoms with Crippen molar-refractivity contribution in [3.05, 3.63) is 88.2 Å². The van der Waals surface area contributed by atoms with Gasteiger partial charge in [0.15, 0.2) is 0 Å². The average Bonchev–Trinajstić information content (AvgIpc) is 3.09. The highest BCUT2D eigenvalue weighted by atomic mass is 16.1. The van der Waals surface area contributed by atoms with E-state index in [1.807, 2.05) is 30.3 Å². The maximum absolute atomic E-state index is 13.5. The Bertz CT molecular complexity index is 1090.